The van der Waals surface area contributed by atoms with Crippen LogP contribution in [0.5, 0.6) is 0 Å². The molecule has 178 valence electrons. The molecule has 0 aliphatic carbocycles. The van der Waals surface area contributed by atoms with Gasteiger partial charge in [-0.15, -0.1) is 24.0 Å². The standard InChI is InChI=1S/C24H37N5O2.HI/c1-19(23(30)28-11-6-7-12-28)27-13-15-29(16-14-27)24(25-2)26-18-21-10-17-31-22(21)20-8-4-3-5-9-20;/h3-5,8-9,19,21-22H,6-7,10-18H2,1-2H3,(H,25,26);1H. The van der Waals surface area contributed by atoms with Crippen LogP contribution in [0.15, 0.2) is 35.3 Å². The first-order valence-electron chi connectivity index (χ1n) is 11.8. The summed E-state index contributed by atoms with van der Waals surface area (Å²) in [5, 5.41) is 3.59. The highest BCUT2D eigenvalue weighted by molar-refractivity contribution is 14.0. The van der Waals surface area contributed by atoms with Crippen molar-refractivity contribution in [3.8, 4) is 0 Å². The molecular weight excluding hydrogens is 517 g/mol. The number of nitrogens with zero attached hydrogens (tertiary/aromatic N) is 4. The van der Waals surface area contributed by atoms with E-state index in [1.54, 1.807) is 0 Å². The molecule has 0 saturated carbocycles. The summed E-state index contributed by atoms with van der Waals surface area (Å²) in [6, 6.07) is 10.5. The summed E-state index contributed by atoms with van der Waals surface area (Å²) < 4.78 is 6.03. The Balaban J connectivity index is 0.00000289. The number of amides is 1. The number of guanidine groups is 1. The van der Waals surface area contributed by atoms with E-state index in [0.717, 1.165) is 77.6 Å². The number of hydrogen-bond donors (Lipinski definition) is 1. The van der Waals surface area contributed by atoms with Gasteiger partial charge in [0.15, 0.2) is 5.96 Å². The Kier molecular flexibility index (Phi) is 9.61. The Labute approximate surface area is 209 Å². The van der Waals surface area contributed by atoms with Gasteiger partial charge in [-0.05, 0) is 31.7 Å². The van der Waals surface area contributed by atoms with Crippen LogP contribution in [0.4, 0.5) is 0 Å². The average Bonchev–Trinajstić information content (AvgIpc) is 3.52. The molecule has 0 bridgehead atoms. The minimum absolute atomic E-state index is 0. The van der Waals surface area contributed by atoms with Gasteiger partial charge in [0, 0.05) is 65.4 Å². The lowest BCUT2D eigenvalue weighted by molar-refractivity contribution is -0.135. The molecule has 3 aliphatic heterocycles. The van der Waals surface area contributed by atoms with Gasteiger partial charge in [-0.25, -0.2) is 0 Å². The highest BCUT2D eigenvalue weighted by atomic mass is 127. The Morgan fingerprint density at radius 1 is 1.09 bits per heavy atom. The Hall–Kier alpha value is -1.39. The Morgan fingerprint density at radius 2 is 1.78 bits per heavy atom. The Bertz CT molecular complexity index is 748. The van der Waals surface area contributed by atoms with Gasteiger partial charge >= 0.3 is 0 Å². The fourth-order valence-corrected chi connectivity index (χ4v) is 5.09. The molecule has 0 aromatic heterocycles. The van der Waals surface area contributed by atoms with E-state index < -0.39 is 0 Å². The molecule has 3 atom stereocenters. The third-order valence-electron chi connectivity index (χ3n) is 7.01. The normalized spacial score (nSPS) is 25.5. The second kappa shape index (κ2) is 12.2. The lowest BCUT2D eigenvalue weighted by Crippen LogP contribution is -2.57. The number of rotatable bonds is 5. The zero-order valence-electron chi connectivity index (χ0n) is 19.4. The first kappa shape index (κ1) is 25.2. The smallest absolute Gasteiger partial charge is 0.239 e. The molecule has 0 radical (unpaired) electrons. The van der Waals surface area contributed by atoms with Crippen LogP contribution in [0.25, 0.3) is 0 Å². The predicted molar refractivity (Wildman–Crippen MR) is 138 cm³/mol. The van der Waals surface area contributed by atoms with Crippen molar-refractivity contribution < 1.29 is 9.53 Å². The molecule has 4 rings (SSSR count). The number of nitrogens with one attached hydrogen (secondary N) is 1. The van der Waals surface area contributed by atoms with Crippen molar-refractivity contribution in [2.45, 2.75) is 38.3 Å². The first-order valence-corrected chi connectivity index (χ1v) is 11.8. The summed E-state index contributed by atoms with van der Waals surface area (Å²) in [5.74, 6) is 1.69. The molecule has 7 nitrogen and oxygen atoms in total. The SMILES string of the molecule is CN=C(NCC1CCOC1c1ccccc1)N1CCN(C(C)C(=O)N2CCCC2)CC1.I. The molecule has 1 amide bonds. The summed E-state index contributed by atoms with van der Waals surface area (Å²) in [7, 11) is 1.86. The molecule has 3 heterocycles. The van der Waals surface area contributed by atoms with Gasteiger partial charge in [-0.1, -0.05) is 30.3 Å². The van der Waals surface area contributed by atoms with E-state index in [0.29, 0.717) is 11.8 Å². The van der Waals surface area contributed by atoms with Gasteiger partial charge in [-0.2, -0.15) is 0 Å². The van der Waals surface area contributed by atoms with E-state index in [-0.39, 0.29) is 36.1 Å². The van der Waals surface area contributed by atoms with Gasteiger partial charge in [0.25, 0.3) is 0 Å². The van der Waals surface area contributed by atoms with Gasteiger partial charge in [0.1, 0.15) is 0 Å². The minimum atomic E-state index is -0.0301. The van der Waals surface area contributed by atoms with Crippen molar-refractivity contribution in [1.82, 2.24) is 20.0 Å². The van der Waals surface area contributed by atoms with Gasteiger partial charge in [-0.3, -0.25) is 14.7 Å². The number of ether oxygens (including phenoxy) is 1. The molecule has 1 aromatic rings. The van der Waals surface area contributed by atoms with Crippen molar-refractivity contribution in [2.24, 2.45) is 10.9 Å². The number of piperazine rings is 1. The number of hydrogen-bond acceptors (Lipinski definition) is 4. The first-order chi connectivity index (χ1) is 15.2. The molecule has 8 heteroatoms. The second-order valence-corrected chi connectivity index (χ2v) is 8.91. The van der Waals surface area contributed by atoms with Crippen LogP contribution < -0.4 is 5.32 Å². The highest BCUT2D eigenvalue weighted by Gasteiger charge is 2.32. The van der Waals surface area contributed by atoms with Crippen LogP contribution in [0, 0.1) is 5.92 Å². The Morgan fingerprint density at radius 3 is 2.44 bits per heavy atom. The molecule has 3 fully saturated rings. The van der Waals surface area contributed by atoms with E-state index in [2.05, 4.69) is 51.3 Å². The third kappa shape index (κ3) is 5.94. The van der Waals surface area contributed by atoms with Crippen LogP contribution in [0.2, 0.25) is 0 Å². The molecule has 32 heavy (non-hydrogen) atoms. The summed E-state index contributed by atoms with van der Waals surface area (Å²) in [4.78, 5) is 23.9. The molecular formula is C24H38IN5O2. The number of carbonyl (C=O) groups excluding carboxylic acids is 1. The molecule has 3 unspecified atom stereocenters. The molecule has 1 N–H and O–H groups in total. The zero-order valence-corrected chi connectivity index (χ0v) is 21.7. The monoisotopic (exact) mass is 555 g/mol. The predicted octanol–water partition coefficient (Wildman–Crippen LogP) is 2.59. The van der Waals surface area contributed by atoms with E-state index in [9.17, 15) is 4.79 Å². The highest BCUT2D eigenvalue weighted by Crippen LogP contribution is 2.33. The van der Waals surface area contributed by atoms with Crippen molar-refractivity contribution >= 4 is 35.8 Å². The fourth-order valence-electron chi connectivity index (χ4n) is 5.09. The maximum atomic E-state index is 12.7. The summed E-state index contributed by atoms with van der Waals surface area (Å²) in [6.07, 6.45) is 3.51. The molecule has 3 saturated heterocycles. The van der Waals surface area contributed by atoms with E-state index in [1.165, 1.54) is 5.56 Å². The van der Waals surface area contributed by atoms with Gasteiger partial charge < -0.3 is 19.9 Å². The van der Waals surface area contributed by atoms with Crippen LogP contribution in [-0.4, -0.2) is 92.1 Å². The van der Waals surface area contributed by atoms with Crippen molar-refractivity contribution in [3.63, 3.8) is 0 Å². The lowest BCUT2D eigenvalue weighted by atomic mass is 9.95. The molecule has 1 aromatic carbocycles. The number of carbonyl (C=O) groups is 1. The number of benzene rings is 1. The maximum Gasteiger partial charge on any atom is 0.239 e. The number of aliphatic imine (C=N–C) groups is 1. The lowest BCUT2D eigenvalue weighted by Gasteiger charge is -2.39. The summed E-state index contributed by atoms with van der Waals surface area (Å²) in [5.41, 5.74) is 1.26. The maximum absolute atomic E-state index is 12.7. The molecule has 0 spiro atoms. The van der Waals surface area contributed by atoms with Gasteiger partial charge in [0.05, 0.1) is 12.1 Å². The topological polar surface area (TPSA) is 60.4 Å². The van der Waals surface area contributed by atoms with Crippen LogP contribution in [0.1, 0.15) is 37.9 Å². The van der Waals surface area contributed by atoms with Crippen LogP contribution in [-0.2, 0) is 9.53 Å². The number of likely N-dealkylation sites (tertiary alicyclic amines) is 1. The third-order valence-corrected chi connectivity index (χ3v) is 7.01. The van der Waals surface area contributed by atoms with Crippen molar-refractivity contribution in [3.05, 3.63) is 35.9 Å². The van der Waals surface area contributed by atoms with E-state index in [1.807, 2.05) is 18.0 Å². The quantitative estimate of drug-likeness (QED) is 0.344. The average molecular weight is 556 g/mol. The number of halogens is 1. The van der Waals surface area contributed by atoms with E-state index >= 15 is 0 Å². The molecule has 3 aliphatic rings. The van der Waals surface area contributed by atoms with Crippen LogP contribution in [0.3, 0.4) is 0 Å². The zero-order chi connectivity index (χ0) is 21.6. The van der Waals surface area contributed by atoms with Crippen LogP contribution >= 0.6 is 24.0 Å². The van der Waals surface area contributed by atoms with Crippen molar-refractivity contribution in [2.75, 3.05) is 59.5 Å². The minimum Gasteiger partial charge on any atom is -0.373 e. The van der Waals surface area contributed by atoms with Gasteiger partial charge in [0.2, 0.25) is 5.91 Å². The summed E-state index contributed by atoms with van der Waals surface area (Å²) >= 11 is 0. The largest absolute Gasteiger partial charge is 0.373 e. The van der Waals surface area contributed by atoms with Crippen molar-refractivity contribution in [1.29, 1.82) is 0 Å². The summed E-state index contributed by atoms with van der Waals surface area (Å²) in [6.45, 7) is 9.14. The second-order valence-electron chi connectivity index (χ2n) is 8.91. The van der Waals surface area contributed by atoms with E-state index in [4.69, 9.17) is 4.74 Å². The fraction of sp³-hybridized carbons (Fsp3) is 0.667.